The van der Waals surface area contributed by atoms with Crippen molar-refractivity contribution >= 4 is 21.8 Å². The monoisotopic (exact) mass is 251 g/mol. The summed E-state index contributed by atoms with van der Waals surface area (Å²) >= 11 is 3.33. The van der Waals surface area contributed by atoms with Crippen LogP contribution in [-0.4, -0.2) is 5.91 Å². The van der Waals surface area contributed by atoms with Crippen LogP contribution in [0.1, 0.15) is 18.5 Å². The van der Waals surface area contributed by atoms with E-state index in [4.69, 9.17) is 6.42 Å². The van der Waals surface area contributed by atoms with Crippen LogP contribution in [0.5, 0.6) is 0 Å². The van der Waals surface area contributed by atoms with E-state index in [9.17, 15) is 4.79 Å². The zero-order valence-corrected chi connectivity index (χ0v) is 9.34. The van der Waals surface area contributed by atoms with Gasteiger partial charge in [-0.25, -0.2) is 0 Å². The lowest BCUT2D eigenvalue weighted by molar-refractivity contribution is -0.119. The number of nitrogens with one attached hydrogen (secondary N) is 1. The first-order valence-electron chi connectivity index (χ1n) is 4.12. The lowest BCUT2D eigenvalue weighted by Gasteiger charge is -2.11. The number of terminal acetylenes is 1. The van der Waals surface area contributed by atoms with E-state index in [1.54, 1.807) is 0 Å². The predicted octanol–water partition coefficient (Wildman–Crippen LogP) is 2.26. The third-order valence-corrected chi connectivity index (χ3v) is 2.25. The van der Waals surface area contributed by atoms with Crippen LogP contribution in [0.4, 0.5) is 0 Å². The highest BCUT2D eigenvalue weighted by Gasteiger charge is 2.08. The van der Waals surface area contributed by atoms with E-state index >= 15 is 0 Å². The van der Waals surface area contributed by atoms with Gasteiger partial charge in [0, 0.05) is 11.4 Å². The van der Waals surface area contributed by atoms with Crippen LogP contribution in [0.15, 0.2) is 28.7 Å². The molecule has 0 aromatic heterocycles. The molecule has 14 heavy (non-hydrogen) atoms. The molecule has 0 aliphatic rings. The molecule has 3 heteroatoms. The maximum absolute atomic E-state index is 10.8. The summed E-state index contributed by atoms with van der Waals surface area (Å²) in [7, 11) is 0. The van der Waals surface area contributed by atoms with Gasteiger partial charge in [-0.2, -0.15) is 0 Å². The highest BCUT2D eigenvalue weighted by atomic mass is 79.9. The van der Waals surface area contributed by atoms with Crippen molar-refractivity contribution in [3.05, 3.63) is 34.3 Å². The zero-order valence-electron chi connectivity index (χ0n) is 7.75. The number of hydrogen-bond donors (Lipinski definition) is 1. The van der Waals surface area contributed by atoms with E-state index in [1.165, 1.54) is 6.92 Å². The van der Waals surface area contributed by atoms with Crippen LogP contribution in [0.25, 0.3) is 0 Å². The molecule has 1 unspecified atom stereocenters. The minimum absolute atomic E-state index is 0.129. The van der Waals surface area contributed by atoms with Gasteiger partial charge >= 0.3 is 0 Å². The number of rotatable bonds is 2. The van der Waals surface area contributed by atoms with Crippen molar-refractivity contribution in [2.75, 3.05) is 0 Å². The smallest absolute Gasteiger partial charge is 0.218 e. The second-order valence-electron chi connectivity index (χ2n) is 2.85. The topological polar surface area (TPSA) is 29.1 Å². The lowest BCUT2D eigenvalue weighted by atomic mass is 10.1. The Bertz CT molecular complexity index is 364. The number of carbonyl (C=O) groups excluding carboxylic acids is 1. The molecule has 0 saturated heterocycles. The molecular formula is C11H10BrNO. The highest BCUT2D eigenvalue weighted by Crippen LogP contribution is 2.16. The van der Waals surface area contributed by atoms with Crippen molar-refractivity contribution in [3.8, 4) is 12.3 Å². The van der Waals surface area contributed by atoms with Gasteiger partial charge in [-0.05, 0) is 17.7 Å². The molecule has 0 fully saturated rings. The zero-order chi connectivity index (χ0) is 10.6. The van der Waals surface area contributed by atoms with Gasteiger partial charge in [-0.15, -0.1) is 6.42 Å². The number of carbonyl (C=O) groups is 1. The predicted molar refractivity (Wildman–Crippen MR) is 59.5 cm³/mol. The fourth-order valence-electron chi connectivity index (χ4n) is 1.08. The molecule has 1 atom stereocenters. The molecule has 1 N–H and O–H groups in total. The van der Waals surface area contributed by atoms with Gasteiger partial charge in [0.2, 0.25) is 5.91 Å². The second-order valence-corrected chi connectivity index (χ2v) is 3.77. The van der Waals surface area contributed by atoms with Gasteiger partial charge in [0.05, 0.1) is 0 Å². The van der Waals surface area contributed by atoms with E-state index in [-0.39, 0.29) is 11.9 Å². The summed E-state index contributed by atoms with van der Waals surface area (Å²) in [4.78, 5) is 10.8. The standard InChI is InChI=1S/C11H10BrNO/c1-3-11(13-8(2)14)9-4-6-10(12)7-5-9/h1,4-7,11H,2H3,(H,13,14). The Morgan fingerprint density at radius 1 is 1.50 bits per heavy atom. The maximum atomic E-state index is 10.8. The van der Waals surface area contributed by atoms with E-state index in [0.29, 0.717) is 0 Å². The SMILES string of the molecule is C#CC(NC(C)=O)c1ccc(Br)cc1. The largest absolute Gasteiger partial charge is 0.339 e. The molecule has 2 nitrogen and oxygen atoms in total. The molecule has 1 amide bonds. The lowest BCUT2D eigenvalue weighted by Crippen LogP contribution is -2.24. The summed E-state index contributed by atoms with van der Waals surface area (Å²) < 4.78 is 0.986. The minimum Gasteiger partial charge on any atom is -0.339 e. The number of benzene rings is 1. The van der Waals surface area contributed by atoms with Crippen molar-refractivity contribution in [1.29, 1.82) is 0 Å². The maximum Gasteiger partial charge on any atom is 0.218 e. The first-order valence-corrected chi connectivity index (χ1v) is 4.91. The van der Waals surface area contributed by atoms with E-state index in [2.05, 4.69) is 27.2 Å². The normalized spacial score (nSPS) is 11.5. The van der Waals surface area contributed by atoms with Gasteiger partial charge in [-0.3, -0.25) is 4.79 Å². The Labute approximate surface area is 91.8 Å². The Hall–Kier alpha value is -1.27. The first kappa shape index (κ1) is 10.8. The highest BCUT2D eigenvalue weighted by molar-refractivity contribution is 9.10. The molecule has 0 bridgehead atoms. The molecular weight excluding hydrogens is 242 g/mol. The van der Waals surface area contributed by atoms with E-state index in [0.717, 1.165) is 10.0 Å². The third kappa shape index (κ3) is 2.90. The second kappa shape index (κ2) is 4.83. The van der Waals surface area contributed by atoms with Crippen molar-refractivity contribution < 1.29 is 4.79 Å². The van der Waals surface area contributed by atoms with E-state index < -0.39 is 0 Å². The van der Waals surface area contributed by atoms with Crippen molar-refractivity contribution in [3.63, 3.8) is 0 Å². The van der Waals surface area contributed by atoms with Crippen LogP contribution in [0, 0.1) is 12.3 Å². The first-order chi connectivity index (χ1) is 6.63. The summed E-state index contributed by atoms with van der Waals surface area (Å²) in [6.07, 6.45) is 5.31. The molecule has 0 aliphatic carbocycles. The minimum atomic E-state index is -0.347. The van der Waals surface area contributed by atoms with Gasteiger partial charge in [0.1, 0.15) is 6.04 Å². The van der Waals surface area contributed by atoms with Crippen LogP contribution < -0.4 is 5.32 Å². The quantitative estimate of drug-likeness (QED) is 0.803. The van der Waals surface area contributed by atoms with Crippen LogP contribution in [0.2, 0.25) is 0 Å². The van der Waals surface area contributed by atoms with Gasteiger partial charge in [0.15, 0.2) is 0 Å². The summed E-state index contributed by atoms with van der Waals surface area (Å²) in [5.74, 6) is 2.39. The van der Waals surface area contributed by atoms with Crippen molar-refractivity contribution in [2.24, 2.45) is 0 Å². The summed E-state index contributed by atoms with van der Waals surface area (Å²) in [6.45, 7) is 1.45. The molecule has 1 aromatic carbocycles. The Balaban J connectivity index is 2.85. The molecule has 0 aliphatic heterocycles. The fourth-order valence-corrected chi connectivity index (χ4v) is 1.34. The number of halogens is 1. The molecule has 0 saturated carbocycles. The molecule has 0 spiro atoms. The third-order valence-electron chi connectivity index (χ3n) is 1.72. The Kier molecular flexibility index (Phi) is 3.73. The molecule has 0 heterocycles. The molecule has 1 rings (SSSR count). The molecule has 1 aromatic rings. The molecule has 72 valence electrons. The Morgan fingerprint density at radius 2 is 2.07 bits per heavy atom. The average molecular weight is 252 g/mol. The van der Waals surface area contributed by atoms with Crippen molar-refractivity contribution in [1.82, 2.24) is 5.32 Å². The average Bonchev–Trinajstić information content (AvgIpc) is 2.15. The van der Waals surface area contributed by atoms with Crippen molar-refractivity contribution in [2.45, 2.75) is 13.0 Å². The summed E-state index contributed by atoms with van der Waals surface area (Å²) in [5.41, 5.74) is 0.908. The van der Waals surface area contributed by atoms with Gasteiger partial charge in [-0.1, -0.05) is 34.0 Å². The van der Waals surface area contributed by atoms with Crippen LogP contribution in [-0.2, 0) is 4.79 Å². The summed E-state index contributed by atoms with van der Waals surface area (Å²) in [6, 6.07) is 7.19. The molecule has 0 radical (unpaired) electrons. The van der Waals surface area contributed by atoms with Gasteiger partial charge < -0.3 is 5.32 Å². The van der Waals surface area contributed by atoms with Crippen LogP contribution >= 0.6 is 15.9 Å². The number of amides is 1. The van der Waals surface area contributed by atoms with Crippen LogP contribution in [0.3, 0.4) is 0 Å². The van der Waals surface area contributed by atoms with E-state index in [1.807, 2.05) is 24.3 Å². The Morgan fingerprint density at radius 3 is 2.50 bits per heavy atom. The number of hydrogen-bond acceptors (Lipinski definition) is 1. The van der Waals surface area contributed by atoms with Gasteiger partial charge in [0.25, 0.3) is 0 Å². The summed E-state index contributed by atoms with van der Waals surface area (Å²) in [5, 5.41) is 2.67. The fraction of sp³-hybridized carbons (Fsp3) is 0.182.